The summed E-state index contributed by atoms with van der Waals surface area (Å²) < 4.78 is 17.3. The molecule has 0 N–H and O–H groups in total. The SMILES string of the molecule is CCOC(=O)N1C(C)CCC1C[C@@H](C)Oc1ncnc(Oc2cccnc2C)c1C. The predicted octanol–water partition coefficient (Wildman–Crippen LogP) is 4.45. The fourth-order valence-electron chi connectivity index (χ4n) is 3.77. The first kappa shape index (κ1) is 21.8. The molecule has 162 valence electrons. The highest BCUT2D eigenvalue weighted by Crippen LogP contribution is 2.31. The van der Waals surface area contributed by atoms with E-state index in [1.807, 2.05) is 44.7 Å². The minimum Gasteiger partial charge on any atom is -0.474 e. The quantitative estimate of drug-likeness (QED) is 0.661. The third-order valence-corrected chi connectivity index (χ3v) is 5.34. The Bertz CT molecular complexity index is 876. The van der Waals surface area contributed by atoms with Gasteiger partial charge in [0, 0.05) is 24.7 Å². The van der Waals surface area contributed by atoms with Crippen LogP contribution in [0.5, 0.6) is 17.5 Å². The lowest BCUT2D eigenvalue weighted by Gasteiger charge is -2.29. The number of hydrogen-bond acceptors (Lipinski definition) is 7. The summed E-state index contributed by atoms with van der Waals surface area (Å²) in [6, 6.07) is 3.92. The van der Waals surface area contributed by atoms with Gasteiger partial charge in [-0.15, -0.1) is 0 Å². The van der Waals surface area contributed by atoms with Gasteiger partial charge >= 0.3 is 6.09 Å². The topological polar surface area (TPSA) is 86.7 Å². The van der Waals surface area contributed by atoms with Crippen molar-refractivity contribution >= 4 is 6.09 Å². The van der Waals surface area contributed by atoms with E-state index >= 15 is 0 Å². The van der Waals surface area contributed by atoms with Crippen molar-refractivity contribution in [1.82, 2.24) is 19.9 Å². The van der Waals surface area contributed by atoms with Crippen LogP contribution in [0.15, 0.2) is 24.7 Å². The number of carbonyl (C=O) groups is 1. The van der Waals surface area contributed by atoms with Crippen molar-refractivity contribution < 1.29 is 19.0 Å². The molecule has 8 nitrogen and oxygen atoms in total. The maximum atomic E-state index is 12.3. The number of hydrogen-bond donors (Lipinski definition) is 0. The van der Waals surface area contributed by atoms with E-state index in [-0.39, 0.29) is 24.3 Å². The fourth-order valence-corrected chi connectivity index (χ4v) is 3.77. The number of aromatic nitrogens is 3. The maximum Gasteiger partial charge on any atom is 0.410 e. The molecule has 2 unspecified atom stereocenters. The minimum atomic E-state index is -0.250. The third kappa shape index (κ3) is 4.98. The molecule has 0 bridgehead atoms. The first-order chi connectivity index (χ1) is 14.4. The van der Waals surface area contributed by atoms with Crippen LogP contribution < -0.4 is 9.47 Å². The molecule has 1 amide bonds. The van der Waals surface area contributed by atoms with E-state index in [9.17, 15) is 4.79 Å². The normalized spacial score (nSPS) is 19.4. The summed E-state index contributed by atoms with van der Waals surface area (Å²) in [5.74, 6) is 1.55. The molecule has 1 fully saturated rings. The first-order valence-corrected chi connectivity index (χ1v) is 10.4. The largest absolute Gasteiger partial charge is 0.474 e. The molecular formula is C22H30N4O4. The Morgan fingerprint density at radius 3 is 2.73 bits per heavy atom. The van der Waals surface area contributed by atoms with E-state index in [0.717, 1.165) is 24.1 Å². The predicted molar refractivity (Wildman–Crippen MR) is 112 cm³/mol. The Morgan fingerprint density at radius 1 is 1.23 bits per heavy atom. The average Bonchev–Trinajstić information content (AvgIpc) is 3.07. The van der Waals surface area contributed by atoms with E-state index in [1.54, 1.807) is 6.20 Å². The first-order valence-electron chi connectivity index (χ1n) is 10.4. The van der Waals surface area contributed by atoms with E-state index in [0.29, 0.717) is 30.5 Å². The summed E-state index contributed by atoms with van der Waals surface area (Å²) in [4.78, 5) is 26.9. The van der Waals surface area contributed by atoms with Crippen molar-refractivity contribution in [3.05, 3.63) is 35.9 Å². The van der Waals surface area contributed by atoms with Gasteiger partial charge in [0.25, 0.3) is 0 Å². The lowest BCUT2D eigenvalue weighted by molar-refractivity contribution is 0.0787. The van der Waals surface area contributed by atoms with Crippen molar-refractivity contribution in [2.75, 3.05) is 6.61 Å². The third-order valence-electron chi connectivity index (χ3n) is 5.34. The van der Waals surface area contributed by atoms with Gasteiger partial charge in [-0.3, -0.25) is 4.98 Å². The van der Waals surface area contributed by atoms with Crippen LogP contribution in [0.2, 0.25) is 0 Å². The smallest absolute Gasteiger partial charge is 0.410 e. The van der Waals surface area contributed by atoms with Gasteiger partial charge in [0.05, 0.1) is 24.0 Å². The van der Waals surface area contributed by atoms with Gasteiger partial charge in [0.2, 0.25) is 11.8 Å². The van der Waals surface area contributed by atoms with Crippen LogP contribution >= 0.6 is 0 Å². The second kappa shape index (κ2) is 9.73. The number of nitrogens with zero attached hydrogens (tertiary/aromatic N) is 4. The van der Waals surface area contributed by atoms with Crippen LogP contribution in [-0.4, -0.2) is 50.7 Å². The fraction of sp³-hybridized carbons (Fsp3) is 0.545. The number of ether oxygens (including phenoxy) is 3. The van der Waals surface area contributed by atoms with E-state index in [4.69, 9.17) is 14.2 Å². The lowest BCUT2D eigenvalue weighted by Crippen LogP contribution is -2.42. The van der Waals surface area contributed by atoms with Gasteiger partial charge in [-0.05, 0) is 59.6 Å². The Hall–Kier alpha value is -2.90. The van der Waals surface area contributed by atoms with Crippen LogP contribution in [0.25, 0.3) is 0 Å². The molecular weight excluding hydrogens is 384 g/mol. The lowest BCUT2D eigenvalue weighted by atomic mass is 10.1. The minimum absolute atomic E-state index is 0.0879. The van der Waals surface area contributed by atoms with Gasteiger partial charge in [-0.25, -0.2) is 14.8 Å². The Morgan fingerprint density at radius 2 is 2.00 bits per heavy atom. The molecule has 0 aromatic carbocycles. The molecule has 1 saturated heterocycles. The summed E-state index contributed by atoms with van der Waals surface area (Å²) in [6.07, 6.45) is 5.35. The Labute approximate surface area is 177 Å². The van der Waals surface area contributed by atoms with Crippen LogP contribution in [0.4, 0.5) is 4.79 Å². The van der Waals surface area contributed by atoms with Crippen molar-refractivity contribution in [3.8, 4) is 17.5 Å². The molecule has 1 aliphatic heterocycles. The number of amides is 1. The zero-order chi connectivity index (χ0) is 21.7. The van der Waals surface area contributed by atoms with E-state index in [1.165, 1.54) is 6.33 Å². The van der Waals surface area contributed by atoms with Crippen LogP contribution in [-0.2, 0) is 4.74 Å². The molecule has 0 spiro atoms. The van der Waals surface area contributed by atoms with Gasteiger partial charge in [0.15, 0.2) is 5.75 Å². The molecule has 2 aromatic heterocycles. The van der Waals surface area contributed by atoms with Crippen molar-refractivity contribution in [2.45, 2.75) is 72.1 Å². The second-order valence-corrected chi connectivity index (χ2v) is 7.65. The van der Waals surface area contributed by atoms with Crippen LogP contribution in [0, 0.1) is 13.8 Å². The van der Waals surface area contributed by atoms with Crippen molar-refractivity contribution in [1.29, 1.82) is 0 Å². The van der Waals surface area contributed by atoms with Crippen molar-refractivity contribution in [3.63, 3.8) is 0 Å². The highest BCUT2D eigenvalue weighted by molar-refractivity contribution is 5.68. The average molecular weight is 415 g/mol. The van der Waals surface area contributed by atoms with Gasteiger partial charge in [-0.1, -0.05) is 0 Å². The molecule has 30 heavy (non-hydrogen) atoms. The molecule has 3 heterocycles. The number of carbonyl (C=O) groups excluding carboxylic acids is 1. The van der Waals surface area contributed by atoms with E-state index in [2.05, 4.69) is 21.9 Å². The number of rotatable bonds is 7. The molecule has 8 heteroatoms. The summed E-state index contributed by atoms with van der Waals surface area (Å²) >= 11 is 0. The summed E-state index contributed by atoms with van der Waals surface area (Å²) in [5, 5.41) is 0. The zero-order valence-electron chi connectivity index (χ0n) is 18.3. The Kier molecular flexibility index (Phi) is 7.07. The number of aryl methyl sites for hydroxylation is 1. The highest BCUT2D eigenvalue weighted by Gasteiger charge is 2.36. The highest BCUT2D eigenvalue weighted by atomic mass is 16.6. The second-order valence-electron chi connectivity index (χ2n) is 7.65. The monoisotopic (exact) mass is 414 g/mol. The standard InChI is InChI=1S/C22H30N4O4/c1-6-28-22(27)26-14(2)9-10-18(26)12-15(3)29-20-16(4)21(25-13-24-20)30-19-8-7-11-23-17(19)5/h7-8,11,13-15,18H,6,9-10,12H2,1-5H3/t14?,15-,18?/m1/s1. The molecule has 0 saturated carbocycles. The summed E-state index contributed by atoms with van der Waals surface area (Å²) in [7, 11) is 0. The maximum absolute atomic E-state index is 12.3. The van der Waals surface area contributed by atoms with E-state index < -0.39 is 0 Å². The van der Waals surface area contributed by atoms with Gasteiger partial charge in [-0.2, -0.15) is 0 Å². The van der Waals surface area contributed by atoms with Gasteiger partial charge in [0.1, 0.15) is 6.33 Å². The molecule has 0 aliphatic carbocycles. The molecule has 1 aliphatic rings. The van der Waals surface area contributed by atoms with Crippen molar-refractivity contribution in [2.24, 2.45) is 0 Å². The molecule has 3 rings (SSSR count). The number of pyridine rings is 1. The Balaban J connectivity index is 1.67. The summed E-state index contributed by atoms with van der Waals surface area (Å²) in [6.45, 7) is 9.99. The molecule has 2 aromatic rings. The summed E-state index contributed by atoms with van der Waals surface area (Å²) in [5.41, 5.74) is 1.50. The molecule has 3 atom stereocenters. The zero-order valence-corrected chi connectivity index (χ0v) is 18.3. The molecule has 0 radical (unpaired) electrons. The number of likely N-dealkylation sites (tertiary alicyclic amines) is 1. The van der Waals surface area contributed by atoms with Gasteiger partial charge < -0.3 is 19.1 Å². The van der Waals surface area contributed by atoms with Crippen LogP contribution in [0.3, 0.4) is 0 Å². The van der Waals surface area contributed by atoms with Crippen LogP contribution in [0.1, 0.15) is 51.3 Å².